The van der Waals surface area contributed by atoms with Gasteiger partial charge in [-0.2, -0.15) is 0 Å². The minimum Gasteiger partial charge on any atom is -0.376 e. The topological polar surface area (TPSA) is 103 Å². The highest BCUT2D eigenvalue weighted by atomic mass is 35.5. The zero-order valence-electron chi connectivity index (χ0n) is 16.3. The summed E-state index contributed by atoms with van der Waals surface area (Å²) >= 11 is 7.29. The Morgan fingerprint density at radius 2 is 2.07 bits per heavy atom. The molecule has 11 heteroatoms. The second-order valence-electron chi connectivity index (χ2n) is 7.51. The molecule has 8 nitrogen and oxygen atoms in total. The van der Waals surface area contributed by atoms with Crippen LogP contribution in [0, 0.1) is 0 Å². The van der Waals surface area contributed by atoms with Gasteiger partial charge < -0.3 is 10.1 Å². The zero-order chi connectivity index (χ0) is 21.1. The van der Waals surface area contributed by atoms with Crippen LogP contribution in [0.15, 0.2) is 29.4 Å². The molecule has 2 aliphatic heterocycles. The van der Waals surface area contributed by atoms with Crippen molar-refractivity contribution < 1.29 is 17.9 Å². The summed E-state index contributed by atoms with van der Waals surface area (Å²) in [4.78, 5) is 12.3. The van der Waals surface area contributed by atoms with Crippen molar-refractivity contribution >= 4 is 39.1 Å². The maximum absolute atomic E-state index is 12.3. The van der Waals surface area contributed by atoms with Crippen molar-refractivity contribution in [2.45, 2.75) is 43.1 Å². The summed E-state index contributed by atoms with van der Waals surface area (Å²) in [6.07, 6.45) is 2.55. The maximum Gasteiger partial charge on any atom is 0.230 e. The summed E-state index contributed by atoms with van der Waals surface area (Å²) < 4.78 is 30.9. The van der Waals surface area contributed by atoms with Crippen LogP contribution >= 0.6 is 23.4 Å². The van der Waals surface area contributed by atoms with Gasteiger partial charge in [0.1, 0.15) is 0 Å². The van der Waals surface area contributed by atoms with Crippen molar-refractivity contribution in [3.8, 4) is 11.4 Å². The Bertz CT molecular complexity index is 1000. The van der Waals surface area contributed by atoms with Gasteiger partial charge in [0.15, 0.2) is 20.8 Å². The Morgan fingerprint density at radius 3 is 2.73 bits per heavy atom. The van der Waals surface area contributed by atoms with Crippen LogP contribution in [-0.4, -0.2) is 65.1 Å². The molecular weight excluding hydrogens is 448 g/mol. The minimum atomic E-state index is -3.03. The quantitative estimate of drug-likeness (QED) is 0.618. The molecule has 3 heterocycles. The van der Waals surface area contributed by atoms with E-state index in [0.29, 0.717) is 29.0 Å². The molecule has 0 spiro atoms. The van der Waals surface area contributed by atoms with Gasteiger partial charge >= 0.3 is 0 Å². The average Bonchev–Trinajstić information content (AvgIpc) is 3.42. The Kier molecular flexibility index (Phi) is 6.66. The number of benzene rings is 1. The number of hydrogen-bond donors (Lipinski definition) is 1. The largest absolute Gasteiger partial charge is 0.376 e. The molecule has 1 amide bonds. The fourth-order valence-corrected chi connectivity index (χ4v) is 6.23. The number of nitrogens with one attached hydrogen (secondary N) is 1. The number of sulfone groups is 1. The van der Waals surface area contributed by atoms with Crippen molar-refractivity contribution in [1.82, 2.24) is 20.1 Å². The molecule has 2 fully saturated rings. The molecule has 0 unspecified atom stereocenters. The number of halogens is 1. The predicted molar refractivity (Wildman–Crippen MR) is 115 cm³/mol. The average molecular weight is 471 g/mol. The summed E-state index contributed by atoms with van der Waals surface area (Å²) in [5, 5.41) is 12.7. The van der Waals surface area contributed by atoms with Crippen LogP contribution in [0.3, 0.4) is 0 Å². The van der Waals surface area contributed by atoms with Gasteiger partial charge in [-0.1, -0.05) is 23.4 Å². The molecule has 30 heavy (non-hydrogen) atoms. The van der Waals surface area contributed by atoms with Gasteiger partial charge in [0, 0.05) is 23.2 Å². The van der Waals surface area contributed by atoms with E-state index in [1.807, 2.05) is 16.7 Å². The molecule has 1 aromatic heterocycles. The van der Waals surface area contributed by atoms with Gasteiger partial charge in [-0.05, 0) is 43.5 Å². The van der Waals surface area contributed by atoms with Crippen molar-refractivity contribution in [2.24, 2.45) is 0 Å². The molecule has 1 N–H and O–H groups in total. The van der Waals surface area contributed by atoms with Gasteiger partial charge in [0.2, 0.25) is 5.91 Å². The predicted octanol–water partition coefficient (Wildman–Crippen LogP) is 2.17. The monoisotopic (exact) mass is 470 g/mol. The van der Waals surface area contributed by atoms with E-state index >= 15 is 0 Å². The molecule has 0 radical (unpaired) electrons. The minimum absolute atomic E-state index is 0.0132. The van der Waals surface area contributed by atoms with E-state index in [4.69, 9.17) is 16.3 Å². The highest BCUT2D eigenvalue weighted by Gasteiger charge is 2.29. The second-order valence-corrected chi connectivity index (χ2v) is 11.1. The molecule has 4 rings (SSSR count). The number of ether oxygens (including phenoxy) is 1. The number of carbonyl (C=O) groups is 1. The van der Waals surface area contributed by atoms with E-state index in [1.165, 1.54) is 11.8 Å². The van der Waals surface area contributed by atoms with E-state index in [1.54, 1.807) is 12.1 Å². The molecule has 162 valence electrons. The van der Waals surface area contributed by atoms with Crippen LogP contribution in [-0.2, 0) is 25.9 Å². The van der Waals surface area contributed by atoms with Gasteiger partial charge in [0.25, 0.3) is 0 Å². The van der Waals surface area contributed by atoms with Gasteiger partial charge in [-0.15, -0.1) is 10.2 Å². The number of aromatic nitrogens is 3. The number of hydrogen-bond acceptors (Lipinski definition) is 7. The molecule has 2 aromatic rings. The first kappa shape index (κ1) is 21.6. The van der Waals surface area contributed by atoms with E-state index in [2.05, 4.69) is 15.5 Å². The lowest BCUT2D eigenvalue weighted by Crippen LogP contribution is -2.36. The van der Waals surface area contributed by atoms with Crippen LogP contribution in [0.4, 0.5) is 0 Å². The lowest BCUT2D eigenvalue weighted by molar-refractivity contribution is -0.119. The van der Waals surface area contributed by atoms with Crippen LogP contribution in [0.5, 0.6) is 0 Å². The highest BCUT2D eigenvalue weighted by molar-refractivity contribution is 7.99. The summed E-state index contributed by atoms with van der Waals surface area (Å²) in [5.41, 5.74) is 0.886. The number of amides is 1. The lowest BCUT2D eigenvalue weighted by Gasteiger charge is -2.15. The third kappa shape index (κ3) is 5.35. The fraction of sp³-hybridized carbons (Fsp3) is 0.526. The molecule has 2 aliphatic rings. The van der Waals surface area contributed by atoms with Crippen molar-refractivity contribution in [3.63, 3.8) is 0 Å². The van der Waals surface area contributed by atoms with Gasteiger partial charge in [-0.3, -0.25) is 9.36 Å². The normalized spacial score (nSPS) is 23.0. The Hall–Kier alpha value is -1.62. The van der Waals surface area contributed by atoms with Crippen molar-refractivity contribution in [1.29, 1.82) is 0 Å². The third-order valence-electron chi connectivity index (χ3n) is 5.16. The summed E-state index contributed by atoms with van der Waals surface area (Å²) in [5.74, 6) is 0.777. The molecule has 1 aromatic carbocycles. The summed E-state index contributed by atoms with van der Waals surface area (Å²) in [6.45, 7) is 1.36. The summed E-state index contributed by atoms with van der Waals surface area (Å²) in [6, 6.07) is 7.08. The van der Waals surface area contributed by atoms with E-state index in [9.17, 15) is 13.2 Å². The first-order valence-electron chi connectivity index (χ1n) is 9.83. The molecular formula is C19H23ClN4O4S2. The molecule has 2 saturated heterocycles. The SMILES string of the molecule is O=C(CSc1nnc(-c2ccc(Cl)cc2)n1C[C@@H]1CCCO1)N[C@@H]1CCS(=O)(=O)C1. The first-order valence-corrected chi connectivity index (χ1v) is 13.0. The van der Waals surface area contributed by atoms with Crippen LogP contribution in [0.25, 0.3) is 11.4 Å². The number of thioether (sulfide) groups is 1. The standard InChI is InChI=1S/C19H23ClN4O4S2/c20-14-5-3-13(4-6-14)18-22-23-19(24(18)10-16-2-1-8-28-16)29-11-17(25)21-15-7-9-30(26,27)12-15/h3-6,15-16H,1-2,7-12H2,(H,21,25)/t15-,16+/m1/s1. The van der Waals surface area contributed by atoms with E-state index < -0.39 is 9.84 Å². The Balaban J connectivity index is 1.46. The lowest BCUT2D eigenvalue weighted by atomic mass is 10.2. The summed E-state index contributed by atoms with van der Waals surface area (Å²) in [7, 11) is -3.03. The molecule has 0 bridgehead atoms. The molecule has 0 aliphatic carbocycles. The number of rotatable bonds is 7. The number of nitrogens with zero attached hydrogens (tertiary/aromatic N) is 3. The Labute approximate surface area is 184 Å². The number of carbonyl (C=O) groups excluding carboxylic acids is 1. The fourth-order valence-electron chi connectivity index (χ4n) is 3.67. The zero-order valence-corrected chi connectivity index (χ0v) is 18.7. The van der Waals surface area contributed by atoms with Crippen molar-refractivity contribution in [2.75, 3.05) is 23.9 Å². The first-order chi connectivity index (χ1) is 14.4. The van der Waals surface area contributed by atoms with Crippen molar-refractivity contribution in [3.05, 3.63) is 29.3 Å². The highest BCUT2D eigenvalue weighted by Crippen LogP contribution is 2.27. The smallest absolute Gasteiger partial charge is 0.230 e. The van der Waals surface area contributed by atoms with Crippen LogP contribution in [0.2, 0.25) is 5.02 Å². The third-order valence-corrected chi connectivity index (χ3v) is 8.15. The van der Waals surface area contributed by atoms with Gasteiger partial charge in [0.05, 0.1) is 29.9 Å². The van der Waals surface area contributed by atoms with Crippen LogP contribution < -0.4 is 5.32 Å². The van der Waals surface area contributed by atoms with E-state index in [0.717, 1.165) is 25.0 Å². The van der Waals surface area contributed by atoms with Gasteiger partial charge in [-0.25, -0.2) is 8.42 Å². The maximum atomic E-state index is 12.3. The molecule has 0 saturated carbocycles. The Morgan fingerprint density at radius 1 is 1.27 bits per heavy atom. The van der Waals surface area contributed by atoms with E-state index in [-0.39, 0.29) is 35.3 Å². The second kappa shape index (κ2) is 9.25. The molecule has 2 atom stereocenters. The van der Waals surface area contributed by atoms with Crippen LogP contribution in [0.1, 0.15) is 19.3 Å².